The molecule has 0 fully saturated rings. The first-order valence-corrected chi connectivity index (χ1v) is 6.28. The van der Waals surface area contributed by atoms with Crippen molar-refractivity contribution >= 4 is 17.3 Å². The van der Waals surface area contributed by atoms with Crippen molar-refractivity contribution in [2.75, 3.05) is 6.54 Å². The number of nitrogens with one attached hydrogen (secondary N) is 1. The van der Waals surface area contributed by atoms with Crippen molar-refractivity contribution in [3.05, 3.63) is 34.5 Å². The predicted octanol–water partition coefficient (Wildman–Crippen LogP) is 2.82. The molecule has 4 heteroatoms. The molecular weight excluding hydrogens is 222 g/mol. The smallest absolute Gasteiger partial charge is 0.328 e. The van der Waals surface area contributed by atoms with Crippen LogP contribution in [-0.4, -0.2) is 17.6 Å². The van der Waals surface area contributed by atoms with E-state index in [4.69, 9.17) is 5.11 Å². The maximum Gasteiger partial charge on any atom is 0.328 e. The van der Waals surface area contributed by atoms with Crippen LogP contribution in [0.4, 0.5) is 0 Å². The average molecular weight is 239 g/mol. The molecular formula is C12H17NO2S. The molecule has 0 radical (unpaired) electrons. The molecule has 0 aromatic carbocycles. The monoisotopic (exact) mass is 239 g/mol. The van der Waals surface area contributed by atoms with Crippen molar-refractivity contribution in [2.45, 2.75) is 25.8 Å². The molecule has 0 spiro atoms. The van der Waals surface area contributed by atoms with Gasteiger partial charge in [0.15, 0.2) is 0 Å². The maximum atomic E-state index is 10.3. The van der Waals surface area contributed by atoms with Crippen LogP contribution in [0.2, 0.25) is 0 Å². The molecule has 2 N–H and O–H groups in total. The SMILES string of the molecule is CCCC(NC/C=C/C(=O)O)c1cccs1. The van der Waals surface area contributed by atoms with Crippen molar-refractivity contribution in [1.82, 2.24) is 5.32 Å². The van der Waals surface area contributed by atoms with Gasteiger partial charge in [0.2, 0.25) is 0 Å². The van der Waals surface area contributed by atoms with Gasteiger partial charge in [-0.25, -0.2) is 4.79 Å². The summed E-state index contributed by atoms with van der Waals surface area (Å²) in [6.45, 7) is 2.74. The van der Waals surface area contributed by atoms with E-state index >= 15 is 0 Å². The molecule has 3 nitrogen and oxygen atoms in total. The van der Waals surface area contributed by atoms with E-state index in [1.54, 1.807) is 17.4 Å². The zero-order valence-corrected chi connectivity index (χ0v) is 10.2. The second-order valence-electron chi connectivity index (χ2n) is 3.51. The highest BCUT2D eigenvalue weighted by Crippen LogP contribution is 2.22. The van der Waals surface area contributed by atoms with Gasteiger partial charge in [0.05, 0.1) is 0 Å². The third-order valence-corrected chi connectivity index (χ3v) is 3.19. The number of rotatable bonds is 7. The Hall–Kier alpha value is -1.13. The summed E-state index contributed by atoms with van der Waals surface area (Å²) >= 11 is 1.73. The molecule has 1 aromatic rings. The molecule has 16 heavy (non-hydrogen) atoms. The van der Waals surface area contributed by atoms with E-state index in [1.807, 2.05) is 6.07 Å². The first kappa shape index (κ1) is 12.9. The molecule has 0 aliphatic carbocycles. The summed E-state index contributed by atoms with van der Waals surface area (Å²) in [6, 6.07) is 4.49. The van der Waals surface area contributed by atoms with Crippen molar-refractivity contribution in [1.29, 1.82) is 0 Å². The van der Waals surface area contributed by atoms with Gasteiger partial charge in [0.1, 0.15) is 0 Å². The first-order valence-electron chi connectivity index (χ1n) is 5.40. The lowest BCUT2D eigenvalue weighted by atomic mass is 10.1. The molecule has 1 atom stereocenters. The Labute approximate surface area is 99.8 Å². The molecule has 0 aliphatic heterocycles. The van der Waals surface area contributed by atoms with E-state index in [2.05, 4.69) is 23.7 Å². The molecule has 0 aliphatic rings. The van der Waals surface area contributed by atoms with Crippen LogP contribution in [0.15, 0.2) is 29.7 Å². The Morgan fingerprint density at radius 3 is 3.06 bits per heavy atom. The van der Waals surface area contributed by atoms with Gasteiger partial charge < -0.3 is 10.4 Å². The topological polar surface area (TPSA) is 49.3 Å². The molecule has 1 unspecified atom stereocenters. The summed E-state index contributed by atoms with van der Waals surface area (Å²) in [5.74, 6) is -0.898. The van der Waals surface area contributed by atoms with Gasteiger partial charge in [0.25, 0.3) is 0 Å². The van der Waals surface area contributed by atoms with Crippen molar-refractivity contribution in [2.24, 2.45) is 0 Å². The fourth-order valence-electron chi connectivity index (χ4n) is 1.49. The van der Waals surface area contributed by atoms with Crippen molar-refractivity contribution < 1.29 is 9.90 Å². The number of thiophene rings is 1. The Kier molecular flexibility index (Phi) is 5.82. The predicted molar refractivity (Wildman–Crippen MR) is 66.7 cm³/mol. The summed E-state index contributed by atoms with van der Waals surface area (Å²) in [5.41, 5.74) is 0. The van der Waals surface area contributed by atoms with E-state index in [0.29, 0.717) is 12.6 Å². The number of carbonyl (C=O) groups is 1. The van der Waals surface area contributed by atoms with Crippen LogP contribution < -0.4 is 5.32 Å². The minimum atomic E-state index is -0.898. The first-order chi connectivity index (χ1) is 7.74. The molecule has 1 rings (SSSR count). The molecule has 88 valence electrons. The zero-order chi connectivity index (χ0) is 11.8. The minimum absolute atomic E-state index is 0.337. The normalized spacial score (nSPS) is 13.1. The van der Waals surface area contributed by atoms with E-state index in [1.165, 1.54) is 11.0 Å². The highest BCUT2D eigenvalue weighted by Gasteiger charge is 2.09. The Morgan fingerprint density at radius 2 is 2.50 bits per heavy atom. The Morgan fingerprint density at radius 1 is 1.69 bits per heavy atom. The lowest BCUT2D eigenvalue weighted by Crippen LogP contribution is -2.20. The van der Waals surface area contributed by atoms with Gasteiger partial charge in [-0.15, -0.1) is 11.3 Å². The number of carboxylic acids is 1. The highest BCUT2D eigenvalue weighted by atomic mass is 32.1. The van der Waals surface area contributed by atoms with Crippen LogP contribution in [0.1, 0.15) is 30.7 Å². The van der Waals surface area contributed by atoms with Crippen molar-refractivity contribution in [3.63, 3.8) is 0 Å². The molecule has 0 saturated heterocycles. The van der Waals surface area contributed by atoms with Gasteiger partial charge >= 0.3 is 5.97 Å². The summed E-state index contributed by atoms with van der Waals surface area (Å²) < 4.78 is 0. The second-order valence-corrected chi connectivity index (χ2v) is 4.48. The van der Waals surface area contributed by atoms with Gasteiger partial charge in [-0.05, 0) is 17.9 Å². The average Bonchev–Trinajstić information content (AvgIpc) is 2.75. The molecule has 1 heterocycles. The Balaban J connectivity index is 2.43. The van der Waals surface area contributed by atoms with Crippen LogP contribution in [0, 0.1) is 0 Å². The molecule has 0 bridgehead atoms. The van der Waals surface area contributed by atoms with Crippen LogP contribution >= 0.6 is 11.3 Å². The fraction of sp³-hybridized carbons (Fsp3) is 0.417. The van der Waals surface area contributed by atoms with Gasteiger partial charge in [0, 0.05) is 23.5 Å². The summed E-state index contributed by atoms with van der Waals surface area (Å²) in [7, 11) is 0. The minimum Gasteiger partial charge on any atom is -0.478 e. The largest absolute Gasteiger partial charge is 0.478 e. The van der Waals surface area contributed by atoms with Crippen LogP contribution in [0.3, 0.4) is 0 Å². The van der Waals surface area contributed by atoms with Gasteiger partial charge in [-0.1, -0.05) is 25.5 Å². The van der Waals surface area contributed by atoms with Crippen molar-refractivity contribution in [3.8, 4) is 0 Å². The quantitative estimate of drug-likeness (QED) is 0.719. The molecule has 0 amide bonds. The van der Waals surface area contributed by atoms with E-state index < -0.39 is 5.97 Å². The molecule has 1 aromatic heterocycles. The van der Waals surface area contributed by atoms with E-state index in [0.717, 1.165) is 12.8 Å². The summed E-state index contributed by atoms with van der Waals surface area (Å²) in [4.78, 5) is 11.6. The molecule has 0 saturated carbocycles. The van der Waals surface area contributed by atoms with Crippen LogP contribution in [0.25, 0.3) is 0 Å². The lowest BCUT2D eigenvalue weighted by Gasteiger charge is -2.15. The number of carboxylic acid groups (broad SMARTS) is 1. The highest BCUT2D eigenvalue weighted by molar-refractivity contribution is 7.10. The Bertz CT molecular complexity index is 333. The fourth-order valence-corrected chi connectivity index (χ4v) is 2.33. The zero-order valence-electron chi connectivity index (χ0n) is 9.35. The number of aliphatic carboxylic acids is 1. The van der Waals surface area contributed by atoms with Gasteiger partial charge in [-0.3, -0.25) is 0 Å². The third kappa shape index (κ3) is 4.59. The van der Waals surface area contributed by atoms with E-state index in [-0.39, 0.29) is 0 Å². The van der Waals surface area contributed by atoms with Crippen LogP contribution in [0.5, 0.6) is 0 Å². The maximum absolute atomic E-state index is 10.3. The lowest BCUT2D eigenvalue weighted by molar-refractivity contribution is -0.131. The summed E-state index contributed by atoms with van der Waals surface area (Å²) in [6.07, 6.45) is 4.99. The third-order valence-electron chi connectivity index (χ3n) is 2.21. The number of hydrogen-bond acceptors (Lipinski definition) is 3. The summed E-state index contributed by atoms with van der Waals surface area (Å²) in [5, 5.41) is 13.9. The van der Waals surface area contributed by atoms with Gasteiger partial charge in [-0.2, -0.15) is 0 Å². The standard InChI is InChI=1S/C12H17NO2S/c1-2-5-10(11-6-4-9-16-11)13-8-3-7-12(14)15/h3-4,6-7,9-10,13H,2,5,8H2,1H3,(H,14,15)/b7-3+. The second kappa shape index (κ2) is 7.19. The van der Waals surface area contributed by atoms with Crippen LogP contribution in [-0.2, 0) is 4.79 Å². The number of hydrogen-bond donors (Lipinski definition) is 2. The van der Waals surface area contributed by atoms with E-state index in [9.17, 15) is 4.79 Å².